The van der Waals surface area contributed by atoms with Gasteiger partial charge in [-0.2, -0.15) is 0 Å². The number of benzene rings is 1. The van der Waals surface area contributed by atoms with Crippen molar-refractivity contribution in [3.63, 3.8) is 0 Å². The Kier molecular flexibility index (Phi) is 5.15. The minimum absolute atomic E-state index is 0.0591. The topological polar surface area (TPSA) is 46.8 Å². The average Bonchev–Trinajstić information content (AvgIpc) is 3.15. The molecule has 0 aliphatic heterocycles. The number of carbonyl (C=O) groups is 1. The summed E-state index contributed by atoms with van der Waals surface area (Å²) in [6, 6.07) is 6.34. The van der Waals surface area contributed by atoms with Crippen LogP contribution in [-0.4, -0.2) is 46.5 Å². The molecule has 5 nitrogen and oxygen atoms in total. The summed E-state index contributed by atoms with van der Waals surface area (Å²) in [5.41, 5.74) is 1.89. The fourth-order valence-corrected chi connectivity index (χ4v) is 3.50. The van der Waals surface area contributed by atoms with Crippen molar-refractivity contribution in [3.05, 3.63) is 47.4 Å². The Morgan fingerprint density at radius 2 is 2.24 bits per heavy atom. The molecule has 0 aliphatic rings. The summed E-state index contributed by atoms with van der Waals surface area (Å²) in [6.45, 7) is 4.96. The number of nitrogens with zero attached hydrogens (tertiary/aromatic N) is 3. The number of aromatic nitrogens is 2. The van der Waals surface area contributed by atoms with E-state index >= 15 is 0 Å². The van der Waals surface area contributed by atoms with Crippen LogP contribution in [-0.2, 0) is 4.74 Å². The van der Waals surface area contributed by atoms with E-state index in [9.17, 15) is 9.18 Å². The Labute approximate surface area is 149 Å². The maximum Gasteiger partial charge on any atom is 0.272 e. The Hall–Kier alpha value is -2.25. The second-order valence-electron chi connectivity index (χ2n) is 6.00. The molecule has 2 heterocycles. The highest BCUT2D eigenvalue weighted by Crippen LogP contribution is 2.25. The molecule has 3 rings (SSSR count). The highest BCUT2D eigenvalue weighted by atomic mass is 32.1. The first kappa shape index (κ1) is 17.6. The standard InChI is InChI=1S/C18H20FN3O2S/c1-12(2)21(7-8-24-3)17(23)16-11-25-18-20-15(10-22(16)18)13-5-4-6-14(19)9-13/h4-6,9-12H,7-8H2,1-3H3. The molecule has 0 atom stereocenters. The predicted molar refractivity (Wildman–Crippen MR) is 96.5 cm³/mol. The van der Waals surface area contributed by atoms with E-state index in [0.717, 1.165) is 0 Å². The van der Waals surface area contributed by atoms with Crippen LogP contribution in [0, 0.1) is 5.82 Å². The van der Waals surface area contributed by atoms with Crippen molar-refractivity contribution in [2.45, 2.75) is 19.9 Å². The minimum atomic E-state index is -0.310. The van der Waals surface area contributed by atoms with Crippen molar-refractivity contribution in [1.29, 1.82) is 0 Å². The van der Waals surface area contributed by atoms with E-state index in [1.54, 1.807) is 34.7 Å². The monoisotopic (exact) mass is 361 g/mol. The highest BCUT2D eigenvalue weighted by molar-refractivity contribution is 7.15. The van der Waals surface area contributed by atoms with Gasteiger partial charge < -0.3 is 9.64 Å². The van der Waals surface area contributed by atoms with Crippen molar-refractivity contribution < 1.29 is 13.9 Å². The lowest BCUT2D eigenvalue weighted by Crippen LogP contribution is -2.39. The zero-order valence-electron chi connectivity index (χ0n) is 14.4. The predicted octanol–water partition coefficient (Wildman–Crippen LogP) is 3.70. The van der Waals surface area contributed by atoms with Crippen molar-refractivity contribution in [2.75, 3.05) is 20.3 Å². The van der Waals surface area contributed by atoms with Gasteiger partial charge in [-0.1, -0.05) is 12.1 Å². The Morgan fingerprint density at radius 1 is 1.44 bits per heavy atom. The van der Waals surface area contributed by atoms with Crippen molar-refractivity contribution in [3.8, 4) is 11.3 Å². The molecule has 0 saturated carbocycles. The van der Waals surface area contributed by atoms with Gasteiger partial charge in [-0.3, -0.25) is 9.20 Å². The molecule has 25 heavy (non-hydrogen) atoms. The Balaban J connectivity index is 1.96. The maximum atomic E-state index is 13.5. The number of fused-ring (bicyclic) bond motifs is 1. The number of imidazole rings is 1. The van der Waals surface area contributed by atoms with Gasteiger partial charge in [0.25, 0.3) is 5.91 Å². The van der Waals surface area contributed by atoms with Gasteiger partial charge in [0.1, 0.15) is 11.5 Å². The summed E-state index contributed by atoms with van der Waals surface area (Å²) in [5, 5.41) is 1.81. The average molecular weight is 361 g/mol. The lowest BCUT2D eigenvalue weighted by molar-refractivity contribution is 0.0628. The normalized spacial score (nSPS) is 11.4. The molecule has 7 heteroatoms. The highest BCUT2D eigenvalue weighted by Gasteiger charge is 2.22. The molecule has 0 unspecified atom stereocenters. The van der Waals surface area contributed by atoms with E-state index < -0.39 is 0 Å². The lowest BCUT2D eigenvalue weighted by Gasteiger charge is -2.26. The molecule has 0 bridgehead atoms. The molecule has 0 N–H and O–H groups in total. The summed E-state index contributed by atoms with van der Waals surface area (Å²) in [5.74, 6) is -0.378. The summed E-state index contributed by atoms with van der Waals surface area (Å²) in [7, 11) is 1.62. The van der Waals surface area contributed by atoms with Gasteiger partial charge in [0.2, 0.25) is 0 Å². The molecule has 1 aromatic carbocycles. The number of rotatable bonds is 6. The van der Waals surface area contributed by atoms with E-state index in [4.69, 9.17) is 4.74 Å². The summed E-state index contributed by atoms with van der Waals surface area (Å²) >= 11 is 1.39. The van der Waals surface area contributed by atoms with Gasteiger partial charge >= 0.3 is 0 Å². The van der Waals surface area contributed by atoms with Gasteiger partial charge in [0, 0.05) is 36.8 Å². The van der Waals surface area contributed by atoms with Crippen LogP contribution in [0.3, 0.4) is 0 Å². The van der Waals surface area contributed by atoms with Gasteiger partial charge in [-0.15, -0.1) is 11.3 Å². The summed E-state index contributed by atoms with van der Waals surface area (Å²) in [6.07, 6.45) is 1.78. The summed E-state index contributed by atoms with van der Waals surface area (Å²) < 4.78 is 20.3. The van der Waals surface area contributed by atoms with Crippen LogP contribution in [0.5, 0.6) is 0 Å². The van der Waals surface area contributed by atoms with E-state index in [-0.39, 0.29) is 17.8 Å². The molecule has 132 valence electrons. The largest absolute Gasteiger partial charge is 0.383 e. The molecule has 0 fully saturated rings. The molecular weight excluding hydrogens is 341 g/mol. The second-order valence-corrected chi connectivity index (χ2v) is 6.83. The first-order chi connectivity index (χ1) is 12.0. The fourth-order valence-electron chi connectivity index (χ4n) is 2.66. The van der Waals surface area contributed by atoms with Gasteiger partial charge in [-0.25, -0.2) is 9.37 Å². The molecular formula is C18H20FN3O2S. The van der Waals surface area contributed by atoms with Crippen LogP contribution < -0.4 is 0 Å². The minimum Gasteiger partial charge on any atom is -0.383 e. The van der Waals surface area contributed by atoms with Gasteiger partial charge in [0.05, 0.1) is 12.3 Å². The first-order valence-electron chi connectivity index (χ1n) is 8.03. The lowest BCUT2D eigenvalue weighted by atomic mass is 10.2. The molecule has 0 saturated heterocycles. The number of carbonyl (C=O) groups excluding carboxylic acids is 1. The van der Waals surface area contributed by atoms with Crippen molar-refractivity contribution >= 4 is 22.2 Å². The zero-order valence-corrected chi connectivity index (χ0v) is 15.2. The molecule has 0 radical (unpaired) electrons. The van der Waals surface area contributed by atoms with Crippen LogP contribution in [0.25, 0.3) is 16.2 Å². The first-order valence-corrected chi connectivity index (χ1v) is 8.91. The van der Waals surface area contributed by atoms with Crippen LogP contribution in [0.15, 0.2) is 35.8 Å². The van der Waals surface area contributed by atoms with Crippen LogP contribution in [0.1, 0.15) is 24.3 Å². The Bertz CT molecular complexity index is 887. The number of hydrogen-bond donors (Lipinski definition) is 0. The number of halogens is 1. The second kappa shape index (κ2) is 7.33. The smallest absolute Gasteiger partial charge is 0.272 e. The number of hydrogen-bond acceptors (Lipinski definition) is 4. The quantitative estimate of drug-likeness (QED) is 0.673. The number of thiazole rings is 1. The molecule has 3 aromatic rings. The fraction of sp³-hybridized carbons (Fsp3) is 0.333. The van der Waals surface area contributed by atoms with E-state index in [2.05, 4.69) is 4.98 Å². The van der Waals surface area contributed by atoms with Gasteiger partial charge in [-0.05, 0) is 26.0 Å². The molecule has 2 aromatic heterocycles. The zero-order chi connectivity index (χ0) is 18.0. The third-order valence-electron chi connectivity index (χ3n) is 3.97. The summed E-state index contributed by atoms with van der Waals surface area (Å²) in [4.78, 5) is 19.9. The van der Waals surface area contributed by atoms with E-state index in [0.29, 0.717) is 35.1 Å². The van der Waals surface area contributed by atoms with Crippen LogP contribution in [0.2, 0.25) is 0 Å². The number of ether oxygens (including phenoxy) is 1. The van der Waals surface area contributed by atoms with Crippen molar-refractivity contribution in [1.82, 2.24) is 14.3 Å². The third-order valence-corrected chi connectivity index (χ3v) is 4.81. The van der Waals surface area contributed by atoms with E-state index in [1.807, 2.05) is 19.2 Å². The van der Waals surface area contributed by atoms with Gasteiger partial charge in [0.15, 0.2) is 4.96 Å². The SMILES string of the molecule is COCCN(C(=O)c1csc2nc(-c3cccc(F)c3)cn12)C(C)C. The molecule has 1 amide bonds. The van der Waals surface area contributed by atoms with E-state index in [1.165, 1.54) is 23.5 Å². The Morgan fingerprint density at radius 3 is 2.92 bits per heavy atom. The van der Waals surface area contributed by atoms with Crippen LogP contribution in [0.4, 0.5) is 4.39 Å². The molecule has 0 spiro atoms. The molecule has 0 aliphatic carbocycles. The number of amides is 1. The number of methoxy groups -OCH3 is 1. The van der Waals surface area contributed by atoms with Crippen molar-refractivity contribution in [2.24, 2.45) is 0 Å². The maximum absolute atomic E-state index is 13.5. The third kappa shape index (κ3) is 3.57. The van der Waals surface area contributed by atoms with Crippen LogP contribution >= 0.6 is 11.3 Å².